The van der Waals surface area contributed by atoms with Gasteiger partial charge in [0.2, 0.25) is 5.82 Å². The number of nitro benzene ring substituents is 1. The number of carboxylic acids is 1. The van der Waals surface area contributed by atoms with Crippen LogP contribution in [0.2, 0.25) is 0 Å². The van der Waals surface area contributed by atoms with Crippen molar-refractivity contribution in [1.29, 1.82) is 0 Å². The molecule has 8 nitrogen and oxygen atoms in total. The maximum Gasteiger partial charge on any atom is 0.323 e. The number of urea groups is 1. The van der Waals surface area contributed by atoms with Crippen LogP contribution >= 0.6 is 0 Å². The second kappa shape index (κ2) is 5.76. The number of nitrogens with one attached hydrogen (secondary N) is 1. The Morgan fingerprint density at radius 3 is 2.63 bits per heavy atom. The lowest BCUT2D eigenvalue weighted by Crippen LogP contribution is -2.35. The number of anilines is 1. The Kier molecular flexibility index (Phi) is 4.35. The summed E-state index contributed by atoms with van der Waals surface area (Å²) in [6, 6.07) is 2.07. The van der Waals surface area contributed by atoms with E-state index in [4.69, 9.17) is 5.11 Å². The molecule has 9 heteroatoms. The first-order chi connectivity index (χ1) is 8.81. The standard InChI is InChI=1S/C10H10FN3O5/c1-13(5-9(15)16)10(17)12-6-2-3-8(14(18)19)7(11)4-6/h2-4H,5H2,1H3,(H,12,17)(H,15,16). The Morgan fingerprint density at radius 1 is 1.53 bits per heavy atom. The third-order valence-corrected chi connectivity index (χ3v) is 2.11. The summed E-state index contributed by atoms with van der Waals surface area (Å²) in [6.07, 6.45) is 0. The number of nitrogens with zero attached hydrogens (tertiary/aromatic N) is 2. The maximum atomic E-state index is 13.3. The fraction of sp³-hybridized carbons (Fsp3) is 0.200. The molecule has 0 bridgehead atoms. The van der Waals surface area contributed by atoms with Gasteiger partial charge < -0.3 is 15.3 Å². The summed E-state index contributed by atoms with van der Waals surface area (Å²) in [7, 11) is 1.24. The zero-order valence-corrected chi connectivity index (χ0v) is 9.79. The molecule has 102 valence electrons. The average Bonchev–Trinajstić information content (AvgIpc) is 2.27. The summed E-state index contributed by atoms with van der Waals surface area (Å²) in [5.74, 6) is -2.30. The van der Waals surface area contributed by atoms with E-state index >= 15 is 0 Å². The van der Waals surface area contributed by atoms with Crippen LogP contribution in [0.4, 0.5) is 20.6 Å². The van der Waals surface area contributed by atoms with Crippen LogP contribution in [-0.4, -0.2) is 40.5 Å². The van der Waals surface area contributed by atoms with Crippen molar-refractivity contribution in [2.75, 3.05) is 18.9 Å². The largest absolute Gasteiger partial charge is 0.480 e. The van der Waals surface area contributed by atoms with E-state index in [2.05, 4.69) is 5.32 Å². The van der Waals surface area contributed by atoms with E-state index in [0.29, 0.717) is 0 Å². The van der Waals surface area contributed by atoms with Crippen molar-refractivity contribution < 1.29 is 24.0 Å². The summed E-state index contributed by atoms with van der Waals surface area (Å²) in [6.45, 7) is -0.526. The first-order valence-corrected chi connectivity index (χ1v) is 4.99. The number of hydrogen-bond donors (Lipinski definition) is 2. The van der Waals surface area contributed by atoms with E-state index in [1.54, 1.807) is 0 Å². The van der Waals surface area contributed by atoms with E-state index < -0.39 is 35.0 Å². The molecule has 2 N–H and O–H groups in total. The molecule has 0 atom stereocenters. The molecule has 1 aromatic rings. The van der Waals surface area contributed by atoms with Crippen LogP contribution in [0.25, 0.3) is 0 Å². The zero-order chi connectivity index (χ0) is 14.6. The van der Waals surface area contributed by atoms with Crippen LogP contribution in [0, 0.1) is 15.9 Å². The van der Waals surface area contributed by atoms with Crippen LogP contribution in [0.1, 0.15) is 0 Å². The number of rotatable bonds is 4. The van der Waals surface area contributed by atoms with Crippen LogP contribution in [-0.2, 0) is 4.79 Å². The van der Waals surface area contributed by atoms with Crippen molar-refractivity contribution in [2.45, 2.75) is 0 Å². The fourth-order valence-electron chi connectivity index (χ4n) is 1.23. The quantitative estimate of drug-likeness (QED) is 0.632. The molecule has 0 aliphatic rings. The van der Waals surface area contributed by atoms with Crippen molar-refractivity contribution in [3.8, 4) is 0 Å². The van der Waals surface area contributed by atoms with E-state index in [1.807, 2.05) is 0 Å². The fourth-order valence-corrected chi connectivity index (χ4v) is 1.23. The maximum absolute atomic E-state index is 13.3. The second-order valence-corrected chi connectivity index (χ2v) is 3.60. The monoisotopic (exact) mass is 271 g/mol. The van der Waals surface area contributed by atoms with Crippen LogP contribution in [0.15, 0.2) is 18.2 Å². The number of nitro groups is 1. The molecule has 0 saturated heterocycles. The van der Waals surface area contributed by atoms with Gasteiger partial charge in [-0.3, -0.25) is 14.9 Å². The Hall–Kier alpha value is -2.71. The predicted octanol–water partition coefficient (Wildman–Crippen LogP) is 1.28. The molecule has 0 aliphatic heterocycles. The van der Waals surface area contributed by atoms with E-state index in [-0.39, 0.29) is 5.69 Å². The van der Waals surface area contributed by atoms with Crippen molar-refractivity contribution in [1.82, 2.24) is 4.90 Å². The van der Waals surface area contributed by atoms with Gasteiger partial charge in [0.25, 0.3) is 0 Å². The molecular weight excluding hydrogens is 261 g/mol. The van der Waals surface area contributed by atoms with Gasteiger partial charge in [0.1, 0.15) is 6.54 Å². The topological polar surface area (TPSA) is 113 Å². The molecule has 0 radical (unpaired) electrons. The van der Waals surface area contributed by atoms with Crippen molar-refractivity contribution in [3.63, 3.8) is 0 Å². The first-order valence-electron chi connectivity index (χ1n) is 4.99. The Morgan fingerprint density at radius 2 is 2.16 bits per heavy atom. The van der Waals surface area contributed by atoms with Gasteiger partial charge in [0.15, 0.2) is 0 Å². The van der Waals surface area contributed by atoms with Gasteiger partial charge in [0, 0.05) is 24.9 Å². The van der Waals surface area contributed by atoms with Gasteiger partial charge in [-0.1, -0.05) is 0 Å². The molecule has 0 fully saturated rings. The second-order valence-electron chi connectivity index (χ2n) is 3.60. The summed E-state index contributed by atoms with van der Waals surface area (Å²) in [5, 5.41) is 21.1. The number of aliphatic carboxylic acids is 1. The van der Waals surface area contributed by atoms with Gasteiger partial charge in [-0.05, 0) is 6.07 Å². The third kappa shape index (κ3) is 3.91. The zero-order valence-electron chi connectivity index (χ0n) is 9.79. The van der Waals surface area contributed by atoms with Gasteiger partial charge in [-0.25, -0.2) is 4.79 Å². The molecule has 0 aliphatic carbocycles. The average molecular weight is 271 g/mol. The highest BCUT2D eigenvalue weighted by Gasteiger charge is 2.16. The van der Waals surface area contributed by atoms with Crippen LogP contribution in [0.3, 0.4) is 0 Å². The predicted molar refractivity (Wildman–Crippen MR) is 62.3 cm³/mol. The Labute approximate surface area is 106 Å². The number of carbonyl (C=O) groups excluding carboxylic acids is 1. The van der Waals surface area contributed by atoms with E-state index in [0.717, 1.165) is 23.1 Å². The first kappa shape index (κ1) is 14.4. The number of carboxylic acid groups (broad SMARTS) is 1. The smallest absolute Gasteiger partial charge is 0.323 e. The Balaban J connectivity index is 2.78. The Bertz CT molecular complexity index is 534. The summed E-state index contributed by atoms with van der Waals surface area (Å²) in [5.41, 5.74) is -0.720. The molecule has 0 unspecified atom stereocenters. The van der Waals surface area contributed by atoms with Crippen LogP contribution < -0.4 is 5.32 Å². The van der Waals surface area contributed by atoms with E-state index in [1.165, 1.54) is 7.05 Å². The number of halogens is 1. The van der Waals surface area contributed by atoms with E-state index in [9.17, 15) is 24.1 Å². The molecule has 1 aromatic carbocycles. The lowest BCUT2D eigenvalue weighted by molar-refractivity contribution is -0.387. The minimum absolute atomic E-state index is 0.00895. The number of benzene rings is 1. The van der Waals surface area contributed by atoms with Crippen molar-refractivity contribution in [3.05, 3.63) is 34.1 Å². The van der Waals surface area contributed by atoms with Crippen molar-refractivity contribution >= 4 is 23.4 Å². The van der Waals surface area contributed by atoms with Gasteiger partial charge in [-0.15, -0.1) is 0 Å². The SMILES string of the molecule is CN(CC(=O)O)C(=O)Nc1ccc([N+](=O)[O-])c(F)c1. The van der Waals surface area contributed by atoms with Crippen LogP contribution in [0.5, 0.6) is 0 Å². The van der Waals surface area contributed by atoms with Gasteiger partial charge >= 0.3 is 17.7 Å². The molecule has 2 amide bonds. The molecule has 19 heavy (non-hydrogen) atoms. The number of hydrogen-bond acceptors (Lipinski definition) is 4. The molecule has 0 aromatic heterocycles. The minimum atomic E-state index is -1.20. The molecule has 0 heterocycles. The van der Waals surface area contributed by atoms with Gasteiger partial charge in [0.05, 0.1) is 4.92 Å². The number of amides is 2. The van der Waals surface area contributed by atoms with Crippen molar-refractivity contribution in [2.24, 2.45) is 0 Å². The minimum Gasteiger partial charge on any atom is -0.480 e. The molecule has 1 rings (SSSR count). The summed E-state index contributed by atoms with van der Waals surface area (Å²) >= 11 is 0. The lowest BCUT2D eigenvalue weighted by Gasteiger charge is -2.15. The number of likely N-dealkylation sites (N-methyl/N-ethyl adjacent to an activating group) is 1. The normalized spacial score (nSPS) is 9.79. The number of carbonyl (C=O) groups is 2. The summed E-state index contributed by atoms with van der Waals surface area (Å²) in [4.78, 5) is 32.2. The summed E-state index contributed by atoms with van der Waals surface area (Å²) < 4.78 is 13.3. The highest BCUT2D eigenvalue weighted by Crippen LogP contribution is 2.20. The lowest BCUT2D eigenvalue weighted by atomic mass is 10.2. The van der Waals surface area contributed by atoms with Gasteiger partial charge in [-0.2, -0.15) is 4.39 Å². The molecular formula is C10H10FN3O5. The third-order valence-electron chi connectivity index (χ3n) is 2.11. The molecule has 0 saturated carbocycles. The molecule has 0 spiro atoms. The highest BCUT2D eigenvalue weighted by atomic mass is 19.1. The highest BCUT2D eigenvalue weighted by molar-refractivity contribution is 5.91.